The number of hydrogen-bond acceptors (Lipinski definition) is 5. The number of amides is 1. The first kappa shape index (κ1) is 18.2. The number of carbonyl (C=O) groups excluding carboxylic acids is 1. The smallest absolute Gasteiger partial charge is 0.410 e. The zero-order valence-corrected chi connectivity index (χ0v) is 15.7. The zero-order valence-electron chi connectivity index (χ0n) is 14.9. The molecule has 2 rings (SSSR count). The van der Waals surface area contributed by atoms with Crippen molar-refractivity contribution in [3.05, 3.63) is 16.1 Å². The van der Waals surface area contributed by atoms with E-state index in [1.165, 1.54) is 4.88 Å². The number of thiazole rings is 1. The molecule has 6 heteroatoms. The van der Waals surface area contributed by atoms with Crippen LogP contribution in [0, 0.1) is 12.8 Å². The Kier molecular flexibility index (Phi) is 6.03. The number of ether oxygens (including phenoxy) is 1. The molecule has 0 unspecified atom stereocenters. The second-order valence-electron chi connectivity index (χ2n) is 7.35. The van der Waals surface area contributed by atoms with E-state index in [-0.39, 0.29) is 12.1 Å². The summed E-state index contributed by atoms with van der Waals surface area (Å²) in [6.45, 7) is 12.5. The summed E-state index contributed by atoms with van der Waals surface area (Å²) in [6.07, 6.45) is 3.79. The molecule has 1 fully saturated rings. The van der Waals surface area contributed by atoms with E-state index in [2.05, 4.69) is 24.1 Å². The van der Waals surface area contributed by atoms with Crippen LogP contribution in [0.3, 0.4) is 0 Å². The van der Waals surface area contributed by atoms with Crippen molar-refractivity contribution in [2.24, 2.45) is 5.92 Å². The lowest BCUT2D eigenvalue weighted by molar-refractivity contribution is 0.0183. The van der Waals surface area contributed by atoms with Crippen molar-refractivity contribution < 1.29 is 9.53 Å². The average Bonchev–Trinajstić information content (AvgIpc) is 2.90. The molecule has 1 aromatic heterocycles. The summed E-state index contributed by atoms with van der Waals surface area (Å²) in [5, 5.41) is 4.72. The van der Waals surface area contributed by atoms with Gasteiger partial charge in [0.05, 0.1) is 6.04 Å². The fraction of sp³-hybridized carbons (Fsp3) is 0.765. The van der Waals surface area contributed by atoms with E-state index in [0.717, 1.165) is 37.5 Å². The third-order valence-corrected chi connectivity index (χ3v) is 5.08. The van der Waals surface area contributed by atoms with Crippen LogP contribution in [0.2, 0.25) is 0 Å². The van der Waals surface area contributed by atoms with Gasteiger partial charge in [0.15, 0.2) is 0 Å². The number of piperidine rings is 1. The van der Waals surface area contributed by atoms with Crippen LogP contribution < -0.4 is 5.32 Å². The Labute approximate surface area is 143 Å². The average molecular weight is 340 g/mol. The van der Waals surface area contributed by atoms with Crippen LogP contribution in [0.25, 0.3) is 0 Å². The molecule has 1 amide bonds. The SMILES string of the molecule is Cc1cnc([C@@H](C)NCC2CCN(C(=O)OC(C)(C)C)CC2)s1. The molecule has 0 bridgehead atoms. The fourth-order valence-corrected chi connectivity index (χ4v) is 3.45. The summed E-state index contributed by atoms with van der Waals surface area (Å²) in [5.41, 5.74) is -0.420. The molecule has 5 nitrogen and oxygen atoms in total. The van der Waals surface area contributed by atoms with E-state index >= 15 is 0 Å². The highest BCUT2D eigenvalue weighted by Gasteiger charge is 2.27. The molecular weight excluding hydrogens is 310 g/mol. The van der Waals surface area contributed by atoms with Crippen LogP contribution in [0.1, 0.15) is 56.5 Å². The van der Waals surface area contributed by atoms with Gasteiger partial charge in [-0.3, -0.25) is 0 Å². The molecule has 1 saturated heterocycles. The van der Waals surface area contributed by atoms with Gasteiger partial charge in [-0.15, -0.1) is 11.3 Å². The van der Waals surface area contributed by atoms with Crippen LogP contribution in [0.4, 0.5) is 4.79 Å². The Balaban J connectivity index is 1.71. The molecule has 0 radical (unpaired) electrons. The number of nitrogens with zero attached hydrogens (tertiary/aromatic N) is 2. The third-order valence-electron chi connectivity index (χ3n) is 3.99. The van der Waals surface area contributed by atoms with Gasteiger partial charge in [0.1, 0.15) is 10.6 Å². The summed E-state index contributed by atoms with van der Waals surface area (Å²) in [5.74, 6) is 0.609. The van der Waals surface area contributed by atoms with Crippen molar-refractivity contribution in [3.63, 3.8) is 0 Å². The van der Waals surface area contributed by atoms with Crippen molar-refractivity contribution in [1.82, 2.24) is 15.2 Å². The standard InChI is InChI=1S/C17H29N3O2S/c1-12-10-19-15(23-12)13(2)18-11-14-6-8-20(9-7-14)16(21)22-17(3,4)5/h10,13-14,18H,6-9,11H2,1-5H3/t13-/m1/s1. The van der Waals surface area contributed by atoms with Crippen LogP contribution in [0.15, 0.2) is 6.20 Å². The van der Waals surface area contributed by atoms with Gasteiger partial charge >= 0.3 is 6.09 Å². The Morgan fingerprint density at radius 1 is 1.48 bits per heavy atom. The first-order valence-corrected chi connectivity index (χ1v) is 9.20. The third kappa shape index (κ3) is 5.77. The lowest BCUT2D eigenvalue weighted by Gasteiger charge is -2.33. The fourth-order valence-electron chi connectivity index (χ4n) is 2.65. The van der Waals surface area contributed by atoms with E-state index in [1.54, 1.807) is 11.3 Å². The molecule has 23 heavy (non-hydrogen) atoms. The molecule has 0 aliphatic carbocycles. The lowest BCUT2D eigenvalue weighted by Crippen LogP contribution is -2.43. The van der Waals surface area contributed by atoms with Crippen molar-refractivity contribution in [2.45, 2.75) is 59.1 Å². The molecule has 0 saturated carbocycles. The van der Waals surface area contributed by atoms with Gasteiger partial charge in [-0.2, -0.15) is 0 Å². The molecule has 130 valence electrons. The molecular formula is C17H29N3O2S. The quantitative estimate of drug-likeness (QED) is 0.908. The van der Waals surface area contributed by atoms with Crippen molar-refractivity contribution in [2.75, 3.05) is 19.6 Å². The molecule has 0 spiro atoms. The van der Waals surface area contributed by atoms with Gasteiger partial charge < -0.3 is 15.0 Å². The number of aryl methyl sites for hydroxylation is 1. The zero-order chi connectivity index (χ0) is 17.0. The summed E-state index contributed by atoms with van der Waals surface area (Å²) in [4.78, 5) is 19.6. The molecule has 1 aliphatic rings. The highest BCUT2D eigenvalue weighted by atomic mass is 32.1. The van der Waals surface area contributed by atoms with Crippen molar-refractivity contribution in [1.29, 1.82) is 0 Å². The Morgan fingerprint density at radius 3 is 2.65 bits per heavy atom. The largest absolute Gasteiger partial charge is 0.444 e. The van der Waals surface area contributed by atoms with Gasteiger partial charge in [0.25, 0.3) is 0 Å². The number of rotatable bonds is 4. The van der Waals surface area contributed by atoms with Crippen molar-refractivity contribution >= 4 is 17.4 Å². The molecule has 1 N–H and O–H groups in total. The first-order chi connectivity index (χ1) is 10.7. The van der Waals surface area contributed by atoms with Gasteiger partial charge in [-0.1, -0.05) is 0 Å². The second-order valence-corrected chi connectivity index (χ2v) is 8.62. The molecule has 0 aromatic carbocycles. The molecule has 2 heterocycles. The van der Waals surface area contributed by atoms with Crippen LogP contribution in [-0.2, 0) is 4.74 Å². The van der Waals surface area contributed by atoms with Gasteiger partial charge in [-0.25, -0.2) is 9.78 Å². The molecule has 1 atom stereocenters. The van der Waals surface area contributed by atoms with Crippen LogP contribution in [-0.4, -0.2) is 41.2 Å². The van der Waals surface area contributed by atoms with E-state index in [4.69, 9.17) is 4.74 Å². The lowest BCUT2D eigenvalue weighted by atomic mass is 9.97. The van der Waals surface area contributed by atoms with Gasteiger partial charge in [0, 0.05) is 24.2 Å². The number of carbonyl (C=O) groups is 1. The van der Waals surface area contributed by atoms with E-state index in [9.17, 15) is 4.79 Å². The number of hydrogen-bond donors (Lipinski definition) is 1. The maximum Gasteiger partial charge on any atom is 0.410 e. The highest BCUT2D eigenvalue weighted by molar-refractivity contribution is 7.11. The number of nitrogens with one attached hydrogen (secondary N) is 1. The number of aromatic nitrogens is 1. The summed E-state index contributed by atoms with van der Waals surface area (Å²) < 4.78 is 5.44. The predicted molar refractivity (Wildman–Crippen MR) is 93.8 cm³/mol. The summed E-state index contributed by atoms with van der Waals surface area (Å²) >= 11 is 1.75. The Morgan fingerprint density at radius 2 is 2.13 bits per heavy atom. The second kappa shape index (κ2) is 7.62. The minimum Gasteiger partial charge on any atom is -0.444 e. The Bertz CT molecular complexity index is 516. The van der Waals surface area contributed by atoms with E-state index < -0.39 is 5.60 Å². The first-order valence-electron chi connectivity index (χ1n) is 8.38. The normalized spacial score (nSPS) is 18.0. The van der Waals surface area contributed by atoms with Gasteiger partial charge in [0.2, 0.25) is 0 Å². The molecule has 1 aromatic rings. The maximum absolute atomic E-state index is 12.1. The summed E-state index contributed by atoms with van der Waals surface area (Å²) in [7, 11) is 0. The topological polar surface area (TPSA) is 54.5 Å². The minimum absolute atomic E-state index is 0.185. The predicted octanol–water partition coefficient (Wildman–Crippen LogP) is 3.75. The van der Waals surface area contributed by atoms with E-state index in [0.29, 0.717) is 5.92 Å². The monoisotopic (exact) mass is 339 g/mol. The van der Waals surface area contributed by atoms with Crippen molar-refractivity contribution in [3.8, 4) is 0 Å². The van der Waals surface area contributed by atoms with Crippen LogP contribution >= 0.6 is 11.3 Å². The molecule has 1 aliphatic heterocycles. The summed E-state index contributed by atoms with van der Waals surface area (Å²) in [6, 6.07) is 0.289. The minimum atomic E-state index is -0.420. The van der Waals surface area contributed by atoms with Gasteiger partial charge in [-0.05, 0) is 59.9 Å². The maximum atomic E-state index is 12.1. The number of likely N-dealkylation sites (tertiary alicyclic amines) is 1. The highest BCUT2D eigenvalue weighted by Crippen LogP contribution is 2.22. The van der Waals surface area contributed by atoms with Crippen LogP contribution in [0.5, 0.6) is 0 Å². The Hall–Kier alpha value is -1.14. The van der Waals surface area contributed by atoms with E-state index in [1.807, 2.05) is 31.9 Å².